The highest BCUT2D eigenvalue weighted by Crippen LogP contribution is 2.41. The van der Waals surface area contributed by atoms with Crippen LogP contribution in [0.3, 0.4) is 0 Å². The smallest absolute Gasteiger partial charge is 0.124 e. The molecule has 1 unspecified atom stereocenters. The summed E-state index contributed by atoms with van der Waals surface area (Å²) in [6.07, 6.45) is 5.52. The Hall–Kier alpha value is -0.620. The van der Waals surface area contributed by atoms with E-state index in [0.29, 0.717) is 6.04 Å². The van der Waals surface area contributed by atoms with Crippen molar-refractivity contribution in [1.82, 2.24) is 10.1 Å². The minimum absolute atomic E-state index is 0.311. The Morgan fingerprint density at radius 1 is 1.05 bits per heavy atom. The maximum Gasteiger partial charge on any atom is 0.124 e. The van der Waals surface area contributed by atoms with Gasteiger partial charge in [0.25, 0.3) is 0 Å². The molecule has 0 amide bonds. The number of nitrogens with zero attached hydrogens (tertiary/aromatic N) is 2. The topological polar surface area (TPSA) is 34.2 Å². The van der Waals surface area contributed by atoms with Crippen molar-refractivity contribution in [1.29, 1.82) is 0 Å². The largest absolute Gasteiger partial charge is 0.379 e. The molecule has 120 valence electrons. The van der Waals surface area contributed by atoms with Crippen molar-refractivity contribution in [2.24, 2.45) is 0 Å². The van der Waals surface area contributed by atoms with Crippen LogP contribution < -0.4 is 0 Å². The minimum atomic E-state index is -0.311. The molecule has 0 bridgehead atoms. The van der Waals surface area contributed by atoms with Crippen LogP contribution in [0.25, 0.3) is 0 Å². The molecule has 2 saturated heterocycles. The third-order valence-electron chi connectivity index (χ3n) is 5.23. The Bertz CT molecular complexity index is 398. The molecule has 3 rings (SSSR count). The zero-order valence-corrected chi connectivity index (χ0v) is 13.7. The van der Waals surface area contributed by atoms with Crippen LogP contribution in [-0.2, 0) is 14.4 Å². The summed E-state index contributed by atoms with van der Waals surface area (Å²) in [5.74, 6) is 0. The molecule has 1 aliphatic carbocycles. The van der Waals surface area contributed by atoms with E-state index in [2.05, 4.69) is 38.7 Å². The van der Waals surface area contributed by atoms with Crippen molar-refractivity contribution in [3.8, 4) is 0 Å². The molecule has 0 aromatic carbocycles. The van der Waals surface area contributed by atoms with Crippen molar-refractivity contribution in [3.63, 3.8) is 0 Å². The van der Waals surface area contributed by atoms with Gasteiger partial charge in [0.05, 0.1) is 18.9 Å². The van der Waals surface area contributed by atoms with Crippen LogP contribution >= 0.6 is 0 Å². The molecular formula is C16H28N2O3. The molecule has 2 heterocycles. The molecule has 0 aromatic rings. The summed E-state index contributed by atoms with van der Waals surface area (Å²) in [6, 6.07) is 0.640. The van der Waals surface area contributed by atoms with E-state index in [1.807, 2.05) is 0 Å². The molecule has 21 heavy (non-hydrogen) atoms. The number of ether oxygens (including phenoxy) is 1. The maximum absolute atomic E-state index is 5.99. The van der Waals surface area contributed by atoms with Crippen LogP contribution in [0.2, 0.25) is 0 Å². The van der Waals surface area contributed by atoms with Crippen LogP contribution in [0, 0.1) is 0 Å². The normalized spacial score (nSPS) is 33.0. The summed E-state index contributed by atoms with van der Waals surface area (Å²) >= 11 is 0. The SMILES string of the molecule is CC1(C)ON(C2=CCC(N3CCOCC3)CC2)OC1(C)C. The third kappa shape index (κ3) is 2.97. The second-order valence-electron chi connectivity index (χ2n) is 7.23. The highest BCUT2D eigenvalue weighted by atomic mass is 17.0. The lowest BCUT2D eigenvalue weighted by Gasteiger charge is -2.36. The molecule has 0 spiro atoms. The van der Waals surface area contributed by atoms with Crippen LogP contribution in [0.5, 0.6) is 0 Å². The molecule has 2 aliphatic heterocycles. The van der Waals surface area contributed by atoms with Gasteiger partial charge in [-0.15, -0.1) is 5.23 Å². The Morgan fingerprint density at radius 3 is 2.19 bits per heavy atom. The monoisotopic (exact) mass is 296 g/mol. The predicted octanol–water partition coefficient (Wildman–Crippen LogP) is 2.49. The molecule has 0 radical (unpaired) electrons. The van der Waals surface area contributed by atoms with Crippen LogP contribution in [0.15, 0.2) is 11.8 Å². The summed E-state index contributed by atoms with van der Waals surface area (Å²) in [6.45, 7) is 12.2. The van der Waals surface area contributed by atoms with Gasteiger partial charge in [-0.05, 0) is 47.0 Å². The Balaban J connectivity index is 1.60. The van der Waals surface area contributed by atoms with Crippen LogP contribution in [0.1, 0.15) is 47.0 Å². The number of hydroxylamine groups is 2. The quantitative estimate of drug-likeness (QED) is 0.782. The van der Waals surface area contributed by atoms with Crippen molar-refractivity contribution in [2.45, 2.75) is 64.2 Å². The van der Waals surface area contributed by atoms with Gasteiger partial charge in [0.1, 0.15) is 11.2 Å². The van der Waals surface area contributed by atoms with E-state index in [1.165, 1.54) is 0 Å². The van der Waals surface area contributed by atoms with Gasteiger partial charge >= 0.3 is 0 Å². The highest BCUT2D eigenvalue weighted by molar-refractivity contribution is 5.07. The summed E-state index contributed by atoms with van der Waals surface area (Å²) < 4.78 is 5.43. The predicted molar refractivity (Wildman–Crippen MR) is 80.3 cm³/mol. The number of hydrogen-bond donors (Lipinski definition) is 0. The van der Waals surface area contributed by atoms with Gasteiger partial charge in [-0.2, -0.15) is 0 Å². The van der Waals surface area contributed by atoms with E-state index in [-0.39, 0.29) is 11.2 Å². The number of morpholine rings is 1. The molecular weight excluding hydrogens is 268 g/mol. The molecule has 3 aliphatic rings. The lowest BCUT2D eigenvalue weighted by Crippen LogP contribution is -2.44. The van der Waals surface area contributed by atoms with E-state index in [1.54, 1.807) is 5.23 Å². The van der Waals surface area contributed by atoms with E-state index in [4.69, 9.17) is 14.4 Å². The van der Waals surface area contributed by atoms with Crippen molar-refractivity contribution < 1.29 is 14.4 Å². The second kappa shape index (κ2) is 5.54. The molecule has 0 saturated carbocycles. The van der Waals surface area contributed by atoms with Gasteiger partial charge in [-0.3, -0.25) is 4.90 Å². The summed E-state index contributed by atoms with van der Waals surface area (Å²) in [7, 11) is 0. The van der Waals surface area contributed by atoms with Gasteiger partial charge in [0, 0.05) is 19.1 Å². The van der Waals surface area contributed by atoms with Crippen molar-refractivity contribution >= 4 is 0 Å². The molecule has 2 fully saturated rings. The Kier molecular flexibility index (Phi) is 4.03. The number of allylic oxidation sites excluding steroid dienone is 1. The molecule has 5 nitrogen and oxygen atoms in total. The fourth-order valence-electron chi connectivity index (χ4n) is 3.02. The fraction of sp³-hybridized carbons (Fsp3) is 0.875. The number of rotatable bonds is 2. The van der Waals surface area contributed by atoms with Crippen molar-refractivity contribution in [3.05, 3.63) is 11.8 Å². The fourth-order valence-corrected chi connectivity index (χ4v) is 3.02. The Labute approximate surface area is 127 Å². The van der Waals surface area contributed by atoms with E-state index < -0.39 is 0 Å². The van der Waals surface area contributed by atoms with Gasteiger partial charge < -0.3 is 4.74 Å². The van der Waals surface area contributed by atoms with Gasteiger partial charge in [-0.25, -0.2) is 9.68 Å². The van der Waals surface area contributed by atoms with E-state index in [0.717, 1.165) is 51.3 Å². The standard InChI is InChI=1S/C16H28N2O3/c1-15(2)16(3,4)21-18(20-15)14-7-5-13(6-8-14)17-9-11-19-12-10-17/h7,13H,5-6,8-12H2,1-4H3. The van der Waals surface area contributed by atoms with Crippen LogP contribution in [0.4, 0.5) is 0 Å². The molecule has 1 atom stereocenters. The van der Waals surface area contributed by atoms with Gasteiger partial charge in [-0.1, -0.05) is 6.08 Å². The average Bonchev–Trinajstić information content (AvgIpc) is 2.69. The summed E-state index contributed by atoms with van der Waals surface area (Å²) in [5.41, 5.74) is 0.544. The molecule has 5 heteroatoms. The first-order chi connectivity index (χ1) is 9.89. The Morgan fingerprint density at radius 2 is 1.67 bits per heavy atom. The van der Waals surface area contributed by atoms with Gasteiger partial charge in [0.2, 0.25) is 0 Å². The lowest BCUT2D eigenvalue weighted by atomic mass is 9.90. The number of hydrogen-bond acceptors (Lipinski definition) is 5. The summed E-state index contributed by atoms with van der Waals surface area (Å²) in [4.78, 5) is 14.5. The van der Waals surface area contributed by atoms with Gasteiger partial charge in [0.15, 0.2) is 0 Å². The van der Waals surface area contributed by atoms with E-state index >= 15 is 0 Å². The minimum Gasteiger partial charge on any atom is -0.379 e. The third-order valence-corrected chi connectivity index (χ3v) is 5.23. The molecule has 0 N–H and O–H groups in total. The highest BCUT2D eigenvalue weighted by Gasteiger charge is 2.50. The first-order valence-electron chi connectivity index (χ1n) is 8.08. The maximum atomic E-state index is 5.99. The lowest BCUT2D eigenvalue weighted by molar-refractivity contribution is -0.304. The second-order valence-corrected chi connectivity index (χ2v) is 7.23. The van der Waals surface area contributed by atoms with Crippen molar-refractivity contribution in [2.75, 3.05) is 26.3 Å². The van der Waals surface area contributed by atoms with E-state index in [9.17, 15) is 0 Å². The zero-order chi connectivity index (χ0) is 15.1. The average molecular weight is 296 g/mol. The van der Waals surface area contributed by atoms with Crippen LogP contribution in [-0.4, -0.2) is 53.7 Å². The molecule has 0 aromatic heterocycles. The first-order valence-corrected chi connectivity index (χ1v) is 8.08. The summed E-state index contributed by atoms with van der Waals surface area (Å²) in [5, 5.41) is 1.66. The first kappa shape index (κ1) is 15.3. The zero-order valence-electron chi connectivity index (χ0n) is 13.7.